The van der Waals surface area contributed by atoms with Gasteiger partial charge in [-0.05, 0) is 43.5 Å². The van der Waals surface area contributed by atoms with E-state index in [9.17, 15) is 0 Å². The normalized spacial score (nSPS) is 10.7. The first kappa shape index (κ1) is 15.8. The van der Waals surface area contributed by atoms with Crippen molar-refractivity contribution < 1.29 is 0 Å². The first-order chi connectivity index (χ1) is 11.2. The maximum absolute atomic E-state index is 4.85. The molecule has 23 heavy (non-hydrogen) atoms. The van der Waals surface area contributed by atoms with Gasteiger partial charge in [0, 0.05) is 16.1 Å². The van der Waals surface area contributed by atoms with Gasteiger partial charge < -0.3 is 5.32 Å². The quantitative estimate of drug-likeness (QED) is 0.612. The lowest BCUT2D eigenvalue weighted by Crippen LogP contribution is -1.91. The largest absolute Gasteiger partial charge is 0.332 e. The van der Waals surface area contributed by atoms with Gasteiger partial charge in [0.2, 0.25) is 0 Å². The highest BCUT2D eigenvalue weighted by Crippen LogP contribution is 2.33. The van der Waals surface area contributed by atoms with Gasteiger partial charge in [0.25, 0.3) is 0 Å². The SMILES string of the molecule is CCCc1sc(Nc2ccc(C)c(C)c2)nc1-c1ccccc1. The summed E-state index contributed by atoms with van der Waals surface area (Å²) < 4.78 is 0. The van der Waals surface area contributed by atoms with Crippen molar-refractivity contribution in [1.29, 1.82) is 0 Å². The molecule has 0 saturated carbocycles. The van der Waals surface area contributed by atoms with Crippen LogP contribution in [0.15, 0.2) is 48.5 Å². The highest BCUT2D eigenvalue weighted by molar-refractivity contribution is 7.16. The molecular weight excluding hydrogens is 300 g/mol. The predicted molar refractivity (Wildman–Crippen MR) is 101 cm³/mol. The van der Waals surface area contributed by atoms with Crippen LogP contribution >= 0.6 is 11.3 Å². The molecule has 0 unspecified atom stereocenters. The van der Waals surface area contributed by atoms with Gasteiger partial charge in [-0.1, -0.05) is 49.7 Å². The lowest BCUT2D eigenvalue weighted by molar-refractivity contribution is 0.938. The summed E-state index contributed by atoms with van der Waals surface area (Å²) in [6.07, 6.45) is 2.20. The van der Waals surface area contributed by atoms with Crippen LogP contribution in [0.25, 0.3) is 11.3 Å². The Labute approximate surface area is 142 Å². The van der Waals surface area contributed by atoms with Gasteiger partial charge in [-0.25, -0.2) is 4.98 Å². The number of nitrogens with zero attached hydrogens (tertiary/aromatic N) is 1. The van der Waals surface area contributed by atoms with Gasteiger partial charge >= 0.3 is 0 Å². The number of anilines is 2. The summed E-state index contributed by atoms with van der Waals surface area (Å²) in [4.78, 5) is 6.21. The summed E-state index contributed by atoms with van der Waals surface area (Å²) in [7, 11) is 0. The number of hydrogen-bond acceptors (Lipinski definition) is 3. The molecule has 3 heteroatoms. The van der Waals surface area contributed by atoms with Crippen molar-refractivity contribution in [3.05, 3.63) is 64.5 Å². The zero-order valence-corrected chi connectivity index (χ0v) is 14.7. The third-order valence-electron chi connectivity index (χ3n) is 3.98. The summed E-state index contributed by atoms with van der Waals surface area (Å²) in [5.74, 6) is 0. The average molecular weight is 322 g/mol. The molecule has 0 aliphatic heterocycles. The Bertz CT molecular complexity index is 791. The van der Waals surface area contributed by atoms with Crippen molar-refractivity contribution in [3.8, 4) is 11.3 Å². The van der Waals surface area contributed by atoms with Crippen molar-refractivity contribution >= 4 is 22.2 Å². The van der Waals surface area contributed by atoms with Crippen LogP contribution in [0, 0.1) is 13.8 Å². The fourth-order valence-electron chi connectivity index (χ4n) is 2.57. The number of nitrogens with one attached hydrogen (secondary N) is 1. The number of aryl methyl sites for hydroxylation is 3. The van der Waals surface area contributed by atoms with Gasteiger partial charge in [0.05, 0.1) is 5.69 Å². The van der Waals surface area contributed by atoms with Crippen molar-refractivity contribution in [1.82, 2.24) is 4.98 Å². The molecule has 0 aliphatic carbocycles. The number of thiazole rings is 1. The van der Waals surface area contributed by atoms with Crippen molar-refractivity contribution in [2.45, 2.75) is 33.6 Å². The molecule has 1 N–H and O–H groups in total. The molecule has 0 aliphatic rings. The molecular formula is C20H22N2S. The maximum Gasteiger partial charge on any atom is 0.187 e. The summed E-state index contributed by atoms with van der Waals surface area (Å²) >= 11 is 1.76. The molecule has 0 saturated heterocycles. The van der Waals surface area contributed by atoms with Crippen molar-refractivity contribution in [3.63, 3.8) is 0 Å². The van der Waals surface area contributed by atoms with E-state index >= 15 is 0 Å². The first-order valence-corrected chi connectivity index (χ1v) is 8.88. The summed E-state index contributed by atoms with van der Waals surface area (Å²) in [5, 5.41) is 4.44. The van der Waals surface area contributed by atoms with E-state index in [0.29, 0.717) is 0 Å². The van der Waals surface area contributed by atoms with Gasteiger partial charge in [-0.15, -0.1) is 11.3 Å². The Morgan fingerprint density at radius 3 is 2.48 bits per heavy atom. The minimum Gasteiger partial charge on any atom is -0.332 e. The zero-order valence-electron chi connectivity index (χ0n) is 13.9. The van der Waals surface area contributed by atoms with E-state index in [1.54, 1.807) is 11.3 Å². The van der Waals surface area contributed by atoms with Gasteiger partial charge in [-0.3, -0.25) is 0 Å². The molecule has 3 rings (SSSR count). The van der Waals surface area contributed by atoms with Crippen LogP contribution in [-0.2, 0) is 6.42 Å². The second kappa shape index (κ2) is 6.97. The minimum absolute atomic E-state index is 0.968. The maximum atomic E-state index is 4.85. The number of aromatic nitrogens is 1. The van der Waals surface area contributed by atoms with Crippen LogP contribution in [-0.4, -0.2) is 4.98 Å². The van der Waals surface area contributed by atoms with Crippen LogP contribution in [0.4, 0.5) is 10.8 Å². The second-order valence-electron chi connectivity index (χ2n) is 5.83. The number of benzene rings is 2. The number of rotatable bonds is 5. The first-order valence-electron chi connectivity index (χ1n) is 8.06. The second-order valence-corrected chi connectivity index (χ2v) is 6.91. The van der Waals surface area contributed by atoms with E-state index in [1.165, 1.54) is 21.6 Å². The Kier molecular flexibility index (Phi) is 4.77. The van der Waals surface area contributed by atoms with Crippen LogP contribution < -0.4 is 5.32 Å². The Morgan fingerprint density at radius 1 is 1.00 bits per heavy atom. The fourth-order valence-corrected chi connectivity index (χ4v) is 3.67. The van der Waals surface area contributed by atoms with Gasteiger partial charge in [0.15, 0.2) is 5.13 Å². The molecule has 2 aromatic carbocycles. The molecule has 0 radical (unpaired) electrons. The summed E-state index contributed by atoms with van der Waals surface area (Å²) in [5.41, 5.74) is 6.02. The number of hydrogen-bond donors (Lipinski definition) is 1. The third kappa shape index (κ3) is 3.62. The highest BCUT2D eigenvalue weighted by atomic mass is 32.1. The molecule has 0 atom stereocenters. The fraction of sp³-hybridized carbons (Fsp3) is 0.250. The molecule has 1 heterocycles. The minimum atomic E-state index is 0.968. The van der Waals surface area contributed by atoms with E-state index in [1.807, 2.05) is 6.07 Å². The van der Waals surface area contributed by atoms with Gasteiger partial charge in [-0.2, -0.15) is 0 Å². The summed E-state index contributed by atoms with van der Waals surface area (Å²) in [6, 6.07) is 16.9. The van der Waals surface area contributed by atoms with Crippen molar-refractivity contribution in [2.24, 2.45) is 0 Å². The van der Waals surface area contributed by atoms with Crippen LogP contribution in [0.1, 0.15) is 29.3 Å². The average Bonchev–Trinajstić information content (AvgIpc) is 2.95. The van der Waals surface area contributed by atoms with Gasteiger partial charge in [0.1, 0.15) is 0 Å². The highest BCUT2D eigenvalue weighted by Gasteiger charge is 2.12. The lowest BCUT2D eigenvalue weighted by atomic mass is 10.1. The van der Waals surface area contributed by atoms with E-state index in [4.69, 9.17) is 4.98 Å². The predicted octanol–water partition coefficient (Wildman–Crippen LogP) is 6.12. The standard InChI is InChI=1S/C20H22N2S/c1-4-8-18-19(16-9-6-5-7-10-16)22-20(23-18)21-17-12-11-14(2)15(3)13-17/h5-7,9-13H,4,8H2,1-3H3,(H,21,22). The molecule has 0 fully saturated rings. The van der Waals surface area contributed by atoms with Crippen LogP contribution in [0.5, 0.6) is 0 Å². The monoisotopic (exact) mass is 322 g/mol. The third-order valence-corrected chi connectivity index (χ3v) is 5.01. The Morgan fingerprint density at radius 2 is 1.78 bits per heavy atom. The van der Waals surface area contributed by atoms with E-state index in [-0.39, 0.29) is 0 Å². The molecule has 2 nitrogen and oxygen atoms in total. The molecule has 0 amide bonds. The Balaban J connectivity index is 1.92. The van der Waals surface area contributed by atoms with Crippen LogP contribution in [0.2, 0.25) is 0 Å². The van der Waals surface area contributed by atoms with Crippen LogP contribution in [0.3, 0.4) is 0 Å². The smallest absolute Gasteiger partial charge is 0.187 e. The lowest BCUT2D eigenvalue weighted by Gasteiger charge is -2.05. The Hall–Kier alpha value is -2.13. The molecule has 118 valence electrons. The summed E-state index contributed by atoms with van der Waals surface area (Å²) in [6.45, 7) is 6.49. The molecule has 0 bridgehead atoms. The topological polar surface area (TPSA) is 24.9 Å². The molecule has 3 aromatic rings. The molecule has 0 spiro atoms. The molecule has 1 aromatic heterocycles. The zero-order chi connectivity index (χ0) is 16.2. The van der Waals surface area contributed by atoms with E-state index < -0.39 is 0 Å². The van der Waals surface area contributed by atoms with E-state index in [0.717, 1.165) is 29.4 Å². The van der Waals surface area contributed by atoms with E-state index in [2.05, 4.69) is 68.6 Å². The van der Waals surface area contributed by atoms with Crippen molar-refractivity contribution in [2.75, 3.05) is 5.32 Å².